The third-order valence-electron chi connectivity index (χ3n) is 3.42. The van der Waals surface area contributed by atoms with E-state index in [4.69, 9.17) is 0 Å². The number of carbonyl (C=O) groups excluding carboxylic acids is 1. The smallest absolute Gasteiger partial charge is 0.232 e. The molecule has 1 aromatic heterocycles. The van der Waals surface area contributed by atoms with Gasteiger partial charge in [-0.1, -0.05) is 31.1 Å². The van der Waals surface area contributed by atoms with E-state index in [9.17, 15) is 4.79 Å². The second-order valence-corrected chi connectivity index (χ2v) is 6.67. The SMILES string of the molecule is CCC1(C(=O)Nc2ncc(Br)s2)CCCC1. The predicted octanol–water partition coefficient (Wildman–Crippen LogP) is 3.81. The number of thiazole rings is 1. The van der Waals surface area contributed by atoms with E-state index in [0.29, 0.717) is 5.13 Å². The van der Waals surface area contributed by atoms with Gasteiger partial charge < -0.3 is 5.32 Å². The zero-order valence-electron chi connectivity index (χ0n) is 9.25. The molecule has 16 heavy (non-hydrogen) atoms. The maximum atomic E-state index is 12.2. The van der Waals surface area contributed by atoms with Crippen LogP contribution in [-0.4, -0.2) is 10.9 Å². The summed E-state index contributed by atoms with van der Waals surface area (Å²) in [6, 6.07) is 0. The summed E-state index contributed by atoms with van der Waals surface area (Å²) >= 11 is 4.80. The molecule has 1 amide bonds. The van der Waals surface area contributed by atoms with Crippen molar-refractivity contribution in [3.8, 4) is 0 Å². The molecule has 0 saturated heterocycles. The quantitative estimate of drug-likeness (QED) is 0.922. The second kappa shape index (κ2) is 4.84. The molecule has 0 aromatic carbocycles. The molecule has 5 heteroatoms. The van der Waals surface area contributed by atoms with Crippen molar-refractivity contribution in [1.82, 2.24) is 4.98 Å². The van der Waals surface area contributed by atoms with Crippen molar-refractivity contribution >= 4 is 38.3 Å². The van der Waals surface area contributed by atoms with Crippen LogP contribution in [0.25, 0.3) is 0 Å². The first-order valence-electron chi connectivity index (χ1n) is 5.59. The number of halogens is 1. The van der Waals surface area contributed by atoms with Gasteiger partial charge in [0.15, 0.2) is 5.13 Å². The topological polar surface area (TPSA) is 42.0 Å². The van der Waals surface area contributed by atoms with E-state index in [1.807, 2.05) is 0 Å². The largest absolute Gasteiger partial charge is 0.301 e. The highest BCUT2D eigenvalue weighted by atomic mass is 79.9. The van der Waals surface area contributed by atoms with E-state index in [0.717, 1.165) is 23.0 Å². The highest BCUT2D eigenvalue weighted by Crippen LogP contribution is 2.42. The molecule has 1 heterocycles. The Morgan fingerprint density at radius 3 is 2.81 bits per heavy atom. The number of rotatable bonds is 3. The van der Waals surface area contributed by atoms with Crippen LogP contribution in [0.1, 0.15) is 39.0 Å². The summed E-state index contributed by atoms with van der Waals surface area (Å²) < 4.78 is 0.944. The molecule has 1 fully saturated rings. The fourth-order valence-corrected chi connectivity index (χ4v) is 3.44. The summed E-state index contributed by atoms with van der Waals surface area (Å²) in [6.45, 7) is 2.10. The van der Waals surface area contributed by atoms with Gasteiger partial charge in [0.25, 0.3) is 0 Å². The van der Waals surface area contributed by atoms with Crippen LogP contribution in [0.2, 0.25) is 0 Å². The molecule has 0 radical (unpaired) electrons. The van der Waals surface area contributed by atoms with Crippen molar-refractivity contribution in [3.05, 3.63) is 9.98 Å². The Morgan fingerprint density at radius 1 is 1.62 bits per heavy atom. The molecule has 0 unspecified atom stereocenters. The first kappa shape index (κ1) is 12.0. The first-order chi connectivity index (χ1) is 7.66. The molecule has 1 aliphatic rings. The average molecular weight is 303 g/mol. The van der Waals surface area contributed by atoms with Crippen LogP contribution >= 0.6 is 27.3 Å². The predicted molar refractivity (Wildman–Crippen MR) is 69.6 cm³/mol. The van der Waals surface area contributed by atoms with Gasteiger partial charge in [0.2, 0.25) is 5.91 Å². The van der Waals surface area contributed by atoms with E-state index >= 15 is 0 Å². The second-order valence-electron chi connectivity index (χ2n) is 4.26. The van der Waals surface area contributed by atoms with Gasteiger partial charge in [-0.3, -0.25) is 4.79 Å². The number of nitrogens with zero attached hydrogens (tertiary/aromatic N) is 1. The van der Waals surface area contributed by atoms with E-state index in [2.05, 4.69) is 33.2 Å². The normalized spacial score (nSPS) is 18.6. The zero-order valence-corrected chi connectivity index (χ0v) is 11.7. The molecule has 0 atom stereocenters. The molecule has 2 rings (SSSR count). The third-order valence-corrected chi connectivity index (χ3v) is 4.81. The van der Waals surface area contributed by atoms with Crippen molar-refractivity contribution < 1.29 is 4.79 Å². The number of hydrogen-bond acceptors (Lipinski definition) is 3. The highest BCUT2D eigenvalue weighted by molar-refractivity contribution is 9.11. The fraction of sp³-hybridized carbons (Fsp3) is 0.636. The van der Waals surface area contributed by atoms with Gasteiger partial charge in [-0.05, 0) is 35.2 Å². The van der Waals surface area contributed by atoms with Crippen LogP contribution in [0.5, 0.6) is 0 Å². The summed E-state index contributed by atoms with van der Waals surface area (Å²) in [5, 5.41) is 3.63. The molecule has 1 aliphatic carbocycles. The standard InChI is InChI=1S/C11H15BrN2OS/c1-2-11(5-3-4-6-11)9(15)14-10-13-7-8(12)16-10/h7H,2-6H2,1H3,(H,13,14,15). The number of nitrogens with one attached hydrogen (secondary N) is 1. The van der Waals surface area contributed by atoms with Crippen molar-refractivity contribution in [2.45, 2.75) is 39.0 Å². The minimum atomic E-state index is -0.141. The lowest BCUT2D eigenvalue weighted by atomic mass is 9.82. The van der Waals surface area contributed by atoms with Gasteiger partial charge in [-0.15, -0.1) is 0 Å². The van der Waals surface area contributed by atoms with Gasteiger partial charge in [-0.2, -0.15) is 0 Å². The summed E-state index contributed by atoms with van der Waals surface area (Å²) in [5.41, 5.74) is -0.141. The van der Waals surface area contributed by atoms with Crippen LogP contribution in [0.4, 0.5) is 5.13 Å². The third kappa shape index (κ3) is 2.30. The van der Waals surface area contributed by atoms with Gasteiger partial charge in [0.05, 0.1) is 9.98 Å². The Balaban J connectivity index is 2.07. The number of anilines is 1. The Labute approximate surface area is 108 Å². The number of amides is 1. The summed E-state index contributed by atoms with van der Waals surface area (Å²) in [7, 11) is 0. The van der Waals surface area contributed by atoms with Gasteiger partial charge in [-0.25, -0.2) is 4.98 Å². The lowest BCUT2D eigenvalue weighted by molar-refractivity contribution is -0.125. The van der Waals surface area contributed by atoms with E-state index < -0.39 is 0 Å². The molecule has 0 aliphatic heterocycles. The molecular formula is C11H15BrN2OS. The molecule has 0 bridgehead atoms. The van der Waals surface area contributed by atoms with Crippen LogP contribution in [0.15, 0.2) is 9.98 Å². The molecule has 1 N–H and O–H groups in total. The Bertz CT molecular complexity index is 385. The minimum Gasteiger partial charge on any atom is -0.301 e. The number of hydrogen-bond donors (Lipinski definition) is 1. The number of aromatic nitrogens is 1. The molecule has 3 nitrogen and oxygen atoms in total. The molecule has 88 valence electrons. The maximum Gasteiger partial charge on any atom is 0.232 e. The van der Waals surface area contributed by atoms with E-state index in [1.54, 1.807) is 6.20 Å². The Hall–Kier alpha value is -0.420. The van der Waals surface area contributed by atoms with Crippen LogP contribution in [0, 0.1) is 5.41 Å². The summed E-state index contributed by atoms with van der Waals surface area (Å²) in [4.78, 5) is 16.3. The highest BCUT2D eigenvalue weighted by Gasteiger charge is 2.39. The van der Waals surface area contributed by atoms with Crippen molar-refractivity contribution in [2.24, 2.45) is 5.41 Å². The van der Waals surface area contributed by atoms with Crippen LogP contribution in [-0.2, 0) is 4.79 Å². The molecular weight excluding hydrogens is 288 g/mol. The minimum absolute atomic E-state index is 0.141. The van der Waals surface area contributed by atoms with Crippen molar-refractivity contribution in [3.63, 3.8) is 0 Å². The van der Waals surface area contributed by atoms with Gasteiger partial charge in [0, 0.05) is 5.41 Å². The van der Waals surface area contributed by atoms with E-state index in [1.165, 1.54) is 24.2 Å². The van der Waals surface area contributed by atoms with Gasteiger partial charge in [0.1, 0.15) is 0 Å². The molecule has 1 saturated carbocycles. The van der Waals surface area contributed by atoms with Crippen molar-refractivity contribution in [1.29, 1.82) is 0 Å². The monoisotopic (exact) mass is 302 g/mol. The first-order valence-corrected chi connectivity index (χ1v) is 7.20. The Morgan fingerprint density at radius 2 is 2.31 bits per heavy atom. The Kier molecular flexibility index (Phi) is 3.64. The number of carbonyl (C=O) groups is 1. The van der Waals surface area contributed by atoms with Gasteiger partial charge >= 0.3 is 0 Å². The zero-order chi connectivity index (χ0) is 11.6. The molecule has 1 aromatic rings. The van der Waals surface area contributed by atoms with Crippen molar-refractivity contribution in [2.75, 3.05) is 5.32 Å². The fourth-order valence-electron chi connectivity index (χ4n) is 2.33. The van der Waals surface area contributed by atoms with Crippen LogP contribution in [0.3, 0.4) is 0 Å². The molecule has 0 spiro atoms. The lowest BCUT2D eigenvalue weighted by Crippen LogP contribution is -2.33. The van der Waals surface area contributed by atoms with Crippen LogP contribution < -0.4 is 5.32 Å². The summed E-state index contributed by atoms with van der Waals surface area (Å²) in [6.07, 6.45) is 7.01. The maximum absolute atomic E-state index is 12.2. The lowest BCUT2D eigenvalue weighted by Gasteiger charge is -2.25. The average Bonchev–Trinajstić information content (AvgIpc) is 2.88. The van der Waals surface area contributed by atoms with E-state index in [-0.39, 0.29) is 11.3 Å². The summed E-state index contributed by atoms with van der Waals surface area (Å²) in [5.74, 6) is 0.148.